The summed E-state index contributed by atoms with van der Waals surface area (Å²) < 4.78 is 52.3. The van der Waals surface area contributed by atoms with Crippen LogP contribution in [-0.4, -0.2) is 48.2 Å². The lowest BCUT2D eigenvalue weighted by atomic mass is 10.1. The van der Waals surface area contributed by atoms with E-state index in [-0.39, 0.29) is 23.3 Å². The van der Waals surface area contributed by atoms with Crippen LogP contribution in [0.3, 0.4) is 0 Å². The molecular formula is C16H15N7O5S3. The summed E-state index contributed by atoms with van der Waals surface area (Å²) in [4.78, 5) is 14.5. The normalized spacial score (nSPS) is 13.1. The first-order chi connectivity index (χ1) is 14.8. The first-order valence-electron chi connectivity index (χ1n) is 8.61. The molecular weight excluding hydrogens is 466 g/mol. The number of thiazole rings is 1. The Bertz CT molecular complexity index is 1390. The number of hydrazine groups is 1. The summed E-state index contributed by atoms with van der Waals surface area (Å²) in [6.07, 6.45) is 5.84. The molecule has 0 bridgehead atoms. The van der Waals surface area contributed by atoms with Gasteiger partial charge in [-0.1, -0.05) is 6.07 Å². The minimum atomic E-state index is -3.70. The molecule has 0 saturated carbocycles. The van der Waals surface area contributed by atoms with Crippen LogP contribution in [0.5, 0.6) is 0 Å². The van der Waals surface area contributed by atoms with Crippen LogP contribution in [0.25, 0.3) is 21.3 Å². The molecule has 0 saturated heterocycles. The second-order valence-corrected chi connectivity index (χ2v) is 10.3. The van der Waals surface area contributed by atoms with Crippen LogP contribution in [0.1, 0.15) is 22.0 Å². The molecule has 1 atom stereocenters. The van der Waals surface area contributed by atoms with Gasteiger partial charge in [0.05, 0.1) is 16.8 Å². The number of fused-ring (bicyclic) bond motifs is 1. The van der Waals surface area contributed by atoms with Crippen LogP contribution in [0.4, 0.5) is 0 Å². The Labute approximate surface area is 181 Å². The van der Waals surface area contributed by atoms with E-state index in [1.165, 1.54) is 17.7 Å². The maximum Gasteiger partial charge on any atom is 0.241 e. The summed E-state index contributed by atoms with van der Waals surface area (Å²) in [5, 5.41) is 6.62. The molecule has 162 valence electrons. The van der Waals surface area contributed by atoms with Crippen LogP contribution in [-0.2, 0) is 27.3 Å². The van der Waals surface area contributed by atoms with E-state index in [0.29, 0.717) is 5.52 Å². The van der Waals surface area contributed by atoms with Crippen molar-refractivity contribution in [2.45, 2.75) is 11.8 Å². The molecule has 3 heterocycles. The summed E-state index contributed by atoms with van der Waals surface area (Å²) in [7, 11) is -6.55. The molecule has 0 aliphatic rings. The second-order valence-electron chi connectivity index (χ2n) is 6.33. The van der Waals surface area contributed by atoms with Crippen molar-refractivity contribution in [1.82, 2.24) is 35.4 Å². The van der Waals surface area contributed by atoms with Crippen LogP contribution in [0.2, 0.25) is 0 Å². The summed E-state index contributed by atoms with van der Waals surface area (Å²) in [6.45, 7) is -0.116. The Balaban J connectivity index is 1.68. The molecule has 2 N–H and O–H groups in total. The molecule has 31 heavy (non-hydrogen) atoms. The summed E-state index contributed by atoms with van der Waals surface area (Å²) in [5.74, 6) is -0.137. The maximum atomic E-state index is 12.5. The van der Waals surface area contributed by atoms with E-state index in [2.05, 4.69) is 30.6 Å². The third-order valence-corrected chi connectivity index (χ3v) is 6.94. The number of hydrogen-bond donors (Lipinski definition) is 3. The van der Waals surface area contributed by atoms with E-state index in [1.807, 2.05) is 23.0 Å². The van der Waals surface area contributed by atoms with Gasteiger partial charge in [0.25, 0.3) is 0 Å². The fourth-order valence-corrected chi connectivity index (χ4v) is 5.46. The van der Waals surface area contributed by atoms with E-state index in [4.69, 9.17) is 4.42 Å². The van der Waals surface area contributed by atoms with Crippen molar-refractivity contribution in [1.29, 1.82) is 0 Å². The lowest BCUT2D eigenvalue weighted by Crippen LogP contribution is -2.29. The zero-order chi connectivity index (χ0) is 22.0. The number of aromatic nitrogens is 5. The average Bonchev–Trinajstić information content (AvgIpc) is 3.34. The standard InChI is InChI=1S/C16H15N7O5S3/c1-31(26,27)14(15-22-21-13(28-15)7-19-23-30(24)25)16-20-11-4-9(2-3-12(11)29-16)10-5-17-8-18-6-10/h2-6,8,14,19,30H,7H2,1H3,(H,23,24,25). The van der Waals surface area contributed by atoms with Gasteiger partial charge in [-0.15, -0.1) is 21.5 Å². The lowest BCUT2D eigenvalue weighted by Gasteiger charge is -2.07. The highest BCUT2D eigenvalue weighted by Gasteiger charge is 2.33. The smallest absolute Gasteiger partial charge is 0.241 e. The molecule has 0 aliphatic heterocycles. The summed E-state index contributed by atoms with van der Waals surface area (Å²) in [6, 6.07) is 5.55. The molecule has 4 rings (SSSR count). The van der Waals surface area contributed by atoms with E-state index < -0.39 is 26.0 Å². The van der Waals surface area contributed by atoms with Crippen LogP contribution in [0, 0.1) is 0 Å². The Morgan fingerprint density at radius 1 is 1.16 bits per heavy atom. The molecule has 4 aromatic rings. The largest absolute Gasteiger partial charge is 0.422 e. The van der Waals surface area contributed by atoms with Gasteiger partial charge in [-0.2, -0.15) is 4.83 Å². The Morgan fingerprint density at radius 2 is 1.94 bits per heavy atom. The zero-order valence-electron chi connectivity index (χ0n) is 15.8. The summed E-state index contributed by atoms with van der Waals surface area (Å²) in [5.41, 5.74) is 4.62. The van der Waals surface area contributed by atoms with Gasteiger partial charge in [-0.05, 0) is 17.7 Å². The molecule has 12 nitrogen and oxygen atoms in total. The minimum Gasteiger partial charge on any atom is -0.422 e. The van der Waals surface area contributed by atoms with E-state index in [0.717, 1.165) is 22.1 Å². The highest BCUT2D eigenvalue weighted by atomic mass is 32.2. The van der Waals surface area contributed by atoms with Crippen molar-refractivity contribution >= 4 is 42.3 Å². The third-order valence-electron chi connectivity index (χ3n) is 4.07. The van der Waals surface area contributed by atoms with Crippen LogP contribution < -0.4 is 10.3 Å². The monoisotopic (exact) mass is 481 g/mol. The number of nitrogens with one attached hydrogen (secondary N) is 2. The minimum absolute atomic E-state index is 0.0143. The first kappa shape index (κ1) is 21.4. The highest BCUT2D eigenvalue weighted by Crippen LogP contribution is 2.36. The van der Waals surface area contributed by atoms with Gasteiger partial charge in [0.15, 0.2) is 15.1 Å². The van der Waals surface area contributed by atoms with Gasteiger partial charge in [-0.25, -0.2) is 37.2 Å². The molecule has 0 aliphatic carbocycles. The highest BCUT2D eigenvalue weighted by molar-refractivity contribution is 7.91. The molecule has 0 spiro atoms. The van der Waals surface area contributed by atoms with Crippen molar-refractivity contribution < 1.29 is 21.3 Å². The van der Waals surface area contributed by atoms with Gasteiger partial charge in [0.2, 0.25) is 22.7 Å². The predicted molar refractivity (Wildman–Crippen MR) is 112 cm³/mol. The van der Waals surface area contributed by atoms with Crippen molar-refractivity contribution in [3.8, 4) is 11.1 Å². The fourth-order valence-electron chi connectivity index (χ4n) is 2.78. The topological polar surface area (TPSA) is 170 Å². The van der Waals surface area contributed by atoms with Gasteiger partial charge >= 0.3 is 0 Å². The van der Waals surface area contributed by atoms with Gasteiger partial charge in [0.1, 0.15) is 11.3 Å². The average molecular weight is 482 g/mol. The van der Waals surface area contributed by atoms with E-state index >= 15 is 0 Å². The molecule has 0 fully saturated rings. The van der Waals surface area contributed by atoms with Crippen molar-refractivity contribution in [3.05, 3.63) is 53.7 Å². The molecule has 15 heteroatoms. The Morgan fingerprint density at radius 3 is 2.65 bits per heavy atom. The van der Waals surface area contributed by atoms with Crippen molar-refractivity contribution in [2.24, 2.45) is 0 Å². The maximum absolute atomic E-state index is 12.5. The molecule has 1 aromatic carbocycles. The SMILES string of the molecule is CS(=O)(=O)C(c1nnc(CNN[SH](=O)=O)o1)c1nc2cc(-c3cncnc3)ccc2s1. The number of benzene rings is 1. The van der Waals surface area contributed by atoms with Crippen molar-refractivity contribution in [2.75, 3.05) is 6.26 Å². The molecule has 0 radical (unpaired) electrons. The Kier molecular flexibility index (Phi) is 6.01. The molecule has 3 aromatic heterocycles. The van der Waals surface area contributed by atoms with Crippen LogP contribution >= 0.6 is 11.3 Å². The Hall–Kier alpha value is -2.85. The number of nitrogens with zero attached hydrogens (tertiary/aromatic N) is 5. The number of hydrogen-bond acceptors (Lipinski definition) is 12. The van der Waals surface area contributed by atoms with E-state index in [9.17, 15) is 16.8 Å². The van der Waals surface area contributed by atoms with Gasteiger partial charge in [-0.3, -0.25) is 0 Å². The predicted octanol–water partition coefficient (Wildman–Crippen LogP) is 0.391. The van der Waals surface area contributed by atoms with Gasteiger partial charge in [0, 0.05) is 24.2 Å². The van der Waals surface area contributed by atoms with Gasteiger partial charge < -0.3 is 4.42 Å². The fraction of sp³-hybridized carbons (Fsp3) is 0.188. The first-order valence-corrected chi connectivity index (χ1v) is 12.6. The second kappa shape index (κ2) is 8.72. The molecule has 0 amide bonds. The zero-order valence-corrected chi connectivity index (χ0v) is 18.3. The quantitative estimate of drug-likeness (QED) is 0.235. The van der Waals surface area contributed by atoms with E-state index in [1.54, 1.807) is 12.4 Å². The lowest BCUT2D eigenvalue weighted by molar-refractivity contribution is 0.429. The third kappa shape index (κ3) is 4.91. The number of sulfone groups is 1. The molecule has 1 unspecified atom stereocenters. The van der Waals surface area contributed by atoms with Crippen LogP contribution in [0.15, 0.2) is 41.3 Å². The number of rotatable bonds is 8. The number of thiol groups is 1. The van der Waals surface area contributed by atoms with Crippen molar-refractivity contribution in [3.63, 3.8) is 0 Å². The summed E-state index contributed by atoms with van der Waals surface area (Å²) >= 11 is 1.20.